The number of rotatable bonds is 2. The zero-order valence-corrected chi connectivity index (χ0v) is 17.8. The van der Waals surface area contributed by atoms with Gasteiger partial charge in [0.1, 0.15) is 11.6 Å². The van der Waals surface area contributed by atoms with E-state index in [1.807, 2.05) is 13.8 Å². The molecule has 1 fully saturated rings. The van der Waals surface area contributed by atoms with Crippen molar-refractivity contribution in [2.45, 2.75) is 32.3 Å². The van der Waals surface area contributed by atoms with E-state index in [4.69, 9.17) is 9.47 Å². The fourth-order valence-corrected chi connectivity index (χ4v) is 3.44. The zero-order valence-electron chi connectivity index (χ0n) is 17.8. The standard InChI is InChI=1S/C12H16N4O4.C6H6N4O2/c1-12(2)19-5-7(20-12)4-16-6-13-9-8(16)10(17)14-11(18)15(9)3;1-10-4-3(7-2-8-4)5(11)9-6(10)12/h6-7H,4-5H2,1-3H3,(H,14,17,18);2H,1H3,(H,7,8)(H,9,11,12). The monoisotopic (exact) mass is 446 g/mol. The Hall–Kier alpha value is -3.78. The molecule has 0 amide bonds. The molecule has 1 atom stereocenters. The van der Waals surface area contributed by atoms with E-state index < -0.39 is 28.3 Å². The number of hydrogen-bond donors (Lipinski definition) is 3. The van der Waals surface area contributed by atoms with E-state index in [0.29, 0.717) is 35.5 Å². The fourth-order valence-electron chi connectivity index (χ4n) is 3.44. The Bertz CT molecular complexity index is 1530. The Morgan fingerprint density at radius 3 is 2.34 bits per heavy atom. The minimum Gasteiger partial charge on any atom is -0.348 e. The summed E-state index contributed by atoms with van der Waals surface area (Å²) in [6.07, 6.45) is 2.76. The Morgan fingerprint density at radius 1 is 1.03 bits per heavy atom. The highest BCUT2D eigenvalue weighted by Gasteiger charge is 2.33. The first-order chi connectivity index (χ1) is 15.1. The van der Waals surface area contributed by atoms with E-state index >= 15 is 0 Å². The number of hydrogen-bond acceptors (Lipinski definition) is 8. The first kappa shape index (κ1) is 21.5. The van der Waals surface area contributed by atoms with Gasteiger partial charge in [0.2, 0.25) is 0 Å². The summed E-state index contributed by atoms with van der Waals surface area (Å²) >= 11 is 0. The SMILES string of the molecule is Cn1c(=O)[nH]c(=O)c2[nH]cnc21.Cn1c(=O)[nH]c(=O)c2c1ncn2CC1COC(C)(C)O1. The first-order valence-electron chi connectivity index (χ1n) is 9.65. The van der Waals surface area contributed by atoms with E-state index in [1.54, 1.807) is 18.7 Å². The number of aromatic amines is 3. The topological polar surface area (TPSA) is 175 Å². The van der Waals surface area contributed by atoms with Gasteiger partial charge < -0.3 is 19.0 Å². The Kier molecular flexibility index (Phi) is 5.18. The van der Waals surface area contributed by atoms with E-state index in [-0.39, 0.29) is 6.10 Å². The van der Waals surface area contributed by atoms with Gasteiger partial charge in [-0.05, 0) is 13.8 Å². The summed E-state index contributed by atoms with van der Waals surface area (Å²) in [4.78, 5) is 60.5. The summed E-state index contributed by atoms with van der Waals surface area (Å²) < 4.78 is 15.5. The Balaban J connectivity index is 0.000000174. The molecule has 1 aliphatic heterocycles. The molecular formula is C18H22N8O6. The maximum absolute atomic E-state index is 11.9. The highest BCUT2D eigenvalue weighted by Crippen LogP contribution is 2.23. The van der Waals surface area contributed by atoms with Crippen molar-refractivity contribution in [3.05, 3.63) is 54.3 Å². The van der Waals surface area contributed by atoms with Gasteiger partial charge in [-0.15, -0.1) is 0 Å². The molecule has 0 bridgehead atoms. The average Bonchev–Trinajstić information content (AvgIpc) is 3.44. The first-order valence-corrected chi connectivity index (χ1v) is 9.65. The summed E-state index contributed by atoms with van der Waals surface area (Å²) in [7, 11) is 3.11. The lowest BCUT2D eigenvalue weighted by Gasteiger charge is -2.17. The van der Waals surface area contributed by atoms with Crippen LogP contribution in [0, 0.1) is 0 Å². The van der Waals surface area contributed by atoms with Gasteiger partial charge in [-0.1, -0.05) is 0 Å². The van der Waals surface area contributed by atoms with E-state index in [0.717, 1.165) is 0 Å². The van der Waals surface area contributed by atoms with Crippen LogP contribution in [0.3, 0.4) is 0 Å². The van der Waals surface area contributed by atoms with E-state index in [9.17, 15) is 19.2 Å². The van der Waals surface area contributed by atoms with Crippen LogP contribution in [0.25, 0.3) is 22.3 Å². The maximum atomic E-state index is 11.9. The van der Waals surface area contributed by atoms with E-state index in [1.165, 1.54) is 21.8 Å². The van der Waals surface area contributed by atoms with Gasteiger partial charge in [0.25, 0.3) is 11.1 Å². The second-order valence-electron chi connectivity index (χ2n) is 7.76. The average molecular weight is 446 g/mol. The number of ether oxygens (including phenoxy) is 2. The number of aryl methyl sites for hydroxylation is 2. The third-order valence-electron chi connectivity index (χ3n) is 5.03. The summed E-state index contributed by atoms with van der Waals surface area (Å²) in [5, 5.41) is 0. The van der Waals surface area contributed by atoms with Crippen molar-refractivity contribution in [3.63, 3.8) is 0 Å². The van der Waals surface area contributed by atoms with Crippen LogP contribution in [-0.4, -0.2) is 57.1 Å². The quantitative estimate of drug-likeness (QED) is 0.334. The van der Waals surface area contributed by atoms with Crippen LogP contribution in [0.5, 0.6) is 0 Å². The highest BCUT2D eigenvalue weighted by atomic mass is 16.7. The summed E-state index contributed by atoms with van der Waals surface area (Å²) in [6, 6.07) is 0. The van der Waals surface area contributed by atoms with Crippen molar-refractivity contribution in [2.75, 3.05) is 6.61 Å². The molecule has 5 heterocycles. The van der Waals surface area contributed by atoms with Crippen LogP contribution < -0.4 is 22.5 Å². The molecule has 4 aromatic rings. The molecule has 1 unspecified atom stereocenters. The Morgan fingerprint density at radius 2 is 1.69 bits per heavy atom. The molecule has 1 aliphatic rings. The van der Waals surface area contributed by atoms with Gasteiger partial charge in [-0.25, -0.2) is 19.6 Å². The second kappa shape index (κ2) is 7.72. The van der Waals surface area contributed by atoms with Gasteiger partial charge in [-0.2, -0.15) is 0 Å². The Labute approximate surface area is 178 Å². The molecule has 170 valence electrons. The number of nitrogens with zero attached hydrogens (tertiary/aromatic N) is 5. The van der Waals surface area contributed by atoms with Crippen LogP contribution in [0.1, 0.15) is 13.8 Å². The van der Waals surface area contributed by atoms with Gasteiger partial charge >= 0.3 is 11.4 Å². The number of fused-ring (bicyclic) bond motifs is 2. The normalized spacial score (nSPS) is 17.6. The van der Waals surface area contributed by atoms with Crippen molar-refractivity contribution in [1.29, 1.82) is 0 Å². The molecule has 14 nitrogen and oxygen atoms in total. The van der Waals surface area contributed by atoms with Crippen LogP contribution in [0.4, 0.5) is 0 Å². The van der Waals surface area contributed by atoms with Crippen LogP contribution in [0.15, 0.2) is 31.8 Å². The molecule has 3 N–H and O–H groups in total. The molecule has 0 aliphatic carbocycles. The number of nitrogens with one attached hydrogen (secondary N) is 3. The van der Waals surface area contributed by atoms with Gasteiger partial charge in [0, 0.05) is 14.1 Å². The largest absolute Gasteiger partial charge is 0.348 e. The molecular weight excluding hydrogens is 424 g/mol. The lowest BCUT2D eigenvalue weighted by Crippen LogP contribution is -2.30. The van der Waals surface area contributed by atoms with Gasteiger partial charge in [0.05, 0.1) is 25.8 Å². The maximum Gasteiger partial charge on any atom is 0.329 e. The van der Waals surface area contributed by atoms with Crippen molar-refractivity contribution < 1.29 is 9.47 Å². The minimum atomic E-state index is -0.611. The molecule has 0 saturated carbocycles. The third kappa shape index (κ3) is 3.80. The summed E-state index contributed by atoms with van der Waals surface area (Å²) in [6.45, 7) is 4.59. The predicted octanol–water partition coefficient (Wildman–Crippen LogP) is -1.48. The molecule has 0 aromatic carbocycles. The van der Waals surface area contributed by atoms with Crippen molar-refractivity contribution in [1.82, 2.24) is 38.6 Å². The molecule has 14 heteroatoms. The highest BCUT2D eigenvalue weighted by molar-refractivity contribution is 5.69. The molecule has 5 rings (SSSR count). The molecule has 0 spiro atoms. The number of H-pyrrole nitrogens is 3. The third-order valence-corrected chi connectivity index (χ3v) is 5.03. The molecule has 1 saturated heterocycles. The molecule has 32 heavy (non-hydrogen) atoms. The minimum absolute atomic E-state index is 0.154. The van der Waals surface area contributed by atoms with Crippen LogP contribution in [-0.2, 0) is 30.1 Å². The molecule has 4 aromatic heterocycles. The van der Waals surface area contributed by atoms with Crippen molar-refractivity contribution in [3.8, 4) is 0 Å². The summed E-state index contributed by atoms with van der Waals surface area (Å²) in [5.41, 5.74) is -0.420. The zero-order chi connectivity index (χ0) is 23.2. The molecule has 0 radical (unpaired) electrons. The number of imidazole rings is 2. The second-order valence-corrected chi connectivity index (χ2v) is 7.76. The fraction of sp³-hybridized carbons (Fsp3) is 0.444. The number of aromatic nitrogens is 8. The lowest BCUT2D eigenvalue weighted by molar-refractivity contribution is -0.139. The summed E-state index contributed by atoms with van der Waals surface area (Å²) in [5.74, 6) is -0.611. The van der Waals surface area contributed by atoms with Crippen LogP contribution in [0.2, 0.25) is 0 Å². The van der Waals surface area contributed by atoms with Crippen LogP contribution >= 0.6 is 0 Å². The van der Waals surface area contributed by atoms with Gasteiger partial charge in [0.15, 0.2) is 22.6 Å². The van der Waals surface area contributed by atoms with E-state index in [2.05, 4.69) is 24.9 Å². The smallest absolute Gasteiger partial charge is 0.329 e. The van der Waals surface area contributed by atoms with Crippen molar-refractivity contribution in [2.24, 2.45) is 14.1 Å². The van der Waals surface area contributed by atoms with Crippen molar-refractivity contribution >= 4 is 22.3 Å². The predicted molar refractivity (Wildman–Crippen MR) is 112 cm³/mol. The lowest BCUT2D eigenvalue weighted by atomic mass is 10.3. The van der Waals surface area contributed by atoms with Gasteiger partial charge in [-0.3, -0.25) is 28.7 Å².